The molecule has 28 heavy (non-hydrogen) atoms. The molecule has 6 nitrogen and oxygen atoms in total. The fraction of sp³-hybridized carbons (Fsp3) is 0.455. The summed E-state index contributed by atoms with van der Waals surface area (Å²) in [7, 11) is 0. The number of hydrogen-bond donors (Lipinski definition) is 1. The Morgan fingerprint density at radius 2 is 2.11 bits per heavy atom. The summed E-state index contributed by atoms with van der Waals surface area (Å²) < 4.78 is 11.1. The molecule has 1 fully saturated rings. The zero-order valence-electron chi connectivity index (χ0n) is 16.6. The summed E-state index contributed by atoms with van der Waals surface area (Å²) in [6, 6.07) is 10.6. The van der Waals surface area contributed by atoms with Crippen LogP contribution in [-0.2, 0) is 13.0 Å². The molecule has 0 unspecified atom stereocenters. The molecule has 148 valence electrons. The first-order valence-corrected chi connectivity index (χ1v) is 10.2. The smallest absolute Gasteiger partial charge is 0.137 e. The average molecular weight is 380 g/mol. The van der Waals surface area contributed by atoms with Crippen molar-refractivity contribution in [1.29, 1.82) is 0 Å². The van der Waals surface area contributed by atoms with Gasteiger partial charge >= 0.3 is 0 Å². The van der Waals surface area contributed by atoms with E-state index in [9.17, 15) is 0 Å². The molecule has 2 aromatic heterocycles. The third-order valence-electron chi connectivity index (χ3n) is 5.32. The van der Waals surface area contributed by atoms with Crippen LogP contribution in [0.5, 0.6) is 5.75 Å². The van der Waals surface area contributed by atoms with E-state index in [4.69, 9.17) is 9.26 Å². The molecule has 1 aromatic carbocycles. The van der Waals surface area contributed by atoms with Gasteiger partial charge in [0.05, 0.1) is 24.5 Å². The van der Waals surface area contributed by atoms with Crippen LogP contribution in [0.1, 0.15) is 56.2 Å². The summed E-state index contributed by atoms with van der Waals surface area (Å²) in [5.74, 6) is 1.88. The van der Waals surface area contributed by atoms with Crippen LogP contribution < -0.4 is 4.74 Å². The summed E-state index contributed by atoms with van der Waals surface area (Å²) in [6.07, 6.45) is 6.25. The number of likely N-dealkylation sites (tertiary alicyclic amines) is 1. The fourth-order valence-electron chi connectivity index (χ4n) is 3.98. The maximum Gasteiger partial charge on any atom is 0.137 e. The number of H-pyrrole nitrogens is 1. The van der Waals surface area contributed by atoms with Crippen LogP contribution in [0.15, 0.2) is 41.1 Å². The van der Waals surface area contributed by atoms with Crippen LogP contribution in [-0.4, -0.2) is 33.4 Å². The number of nitrogens with one attached hydrogen (secondary N) is 1. The van der Waals surface area contributed by atoms with E-state index in [2.05, 4.69) is 45.4 Å². The molecule has 1 N–H and O–H groups in total. The number of aromatic amines is 1. The molecular weight excluding hydrogens is 352 g/mol. The van der Waals surface area contributed by atoms with Gasteiger partial charge in [-0.15, -0.1) is 0 Å². The highest BCUT2D eigenvalue weighted by Gasteiger charge is 2.29. The Morgan fingerprint density at radius 3 is 2.89 bits per heavy atom. The first-order chi connectivity index (χ1) is 13.8. The Labute approximate surface area is 165 Å². The normalized spacial score (nSPS) is 17.3. The predicted molar refractivity (Wildman–Crippen MR) is 108 cm³/mol. The van der Waals surface area contributed by atoms with Gasteiger partial charge in [0.1, 0.15) is 17.2 Å². The summed E-state index contributed by atoms with van der Waals surface area (Å²) >= 11 is 0. The Bertz CT molecular complexity index is 884. The molecule has 3 heterocycles. The van der Waals surface area contributed by atoms with Gasteiger partial charge in [0, 0.05) is 30.2 Å². The second-order valence-corrected chi connectivity index (χ2v) is 7.32. The third-order valence-corrected chi connectivity index (χ3v) is 5.32. The molecule has 0 spiro atoms. The van der Waals surface area contributed by atoms with Crippen molar-refractivity contribution in [3.8, 4) is 17.0 Å². The Balaban J connectivity index is 1.50. The minimum Gasteiger partial charge on any atom is -0.494 e. The van der Waals surface area contributed by atoms with Gasteiger partial charge in [-0.3, -0.25) is 10.00 Å². The van der Waals surface area contributed by atoms with Crippen molar-refractivity contribution >= 4 is 0 Å². The van der Waals surface area contributed by atoms with Crippen LogP contribution in [0, 0.1) is 0 Å². The van der Waals surface area contributed by atoms with E-state index < -0.39 is 0 Å². The molecule has 0 bridgehead atoms. The average Bonchev–Trinajstić information content (AvgIpc) is 3.44. The molecule has 0 amide bonds. The maximum atomic E-state index is 5.55. The molecule has 1 saturated heterocycles. The van der Waals surface area contributed by atoms with Crippen molar-refractivity contribution in [2.24, 2.45) is 0 Å². The number of ether oxygens (including phenoxy) is 1. The third kappa shape index (κ3) is 3.97. The Hall–Kier alpha value is -2.60. The zero-order valence-corrected chi connectivity index (χ0v) is 16.6. The minimum atomic E-state index is 0.317. The van der Waals surface area contributed by atoms with Crippen LogP contribution in [0.2, 0.25) is 0 Å². The molecule has 4 rings (SSSR count). The van der Waals surface area contributed by atoms with E-state index in [0.717, 1.165) is 60.8 Å². The number of aryl methyl sites for hydroxylation is 1. The maximum absolute atomic E-state index is 5.55. The second-order valence-electron chi connectivity index (χ2n) is 7.32. The highest BCUT2D eigenvalue weighted by Crippen LogP contribution is 2.34. The van der Waals surface area contributed by atoms with Gasteiger partial charge in [-0.25, -0.2) is 0 Å². The first kappa shape index (κ1) is 18.7. The lowest BCUT2D eigenvalue weighted by atomic mass is 10.1. The molecule has 1 atom stereocenters. The highest BCUT2D eigenvalue weighted by molar-refractivity contribution is 5.63. The molecule has 6 heteroatoms. The van der Waals surface area contributed by atoms with Gasteiger partial charge in [0.25, 0.3) is 0 Å². The monoisotopic (exact) mass is 380 g/mol. The predicted octanol–water partition coefficient (Wildman–Crippen LogP) is 4.75. The van der Waals surface area contributed by atoms with E-state index in [1.54, 1.807) is 0 Å². The Kier molecular flexibility index (Phi) is 5.76. The summed E-state index contributed by atoms with van der Waals surface area (Å²) in [5, 5.41) is 11.8. The van der Waals surface area contributed by atoms with Gasteiger partial charge in [-0.1, -0.05) is 12.1 Å². The first-order valence-electron chi connectivity index (χ1n) is 10.2. The summed E-state index contributed by atoms with van der Waals surface area (Å²) in [6.45, 7) is 6.74. The van der Waals surface area contributed by atoms with E-state index in [1.165, 1.54) is 12.0 Å². The van der Waals surface area contributed by atoms with Gasteiger partial charge < -0.3 is 9.26 Å². The molecule has 1 aliphatic heterocycles. The zero-order chi connectivity index (χ0) is 19.3. The molecule has 3 aromatic rings. The van der Waals surface area contributed by atoms with E-state index in [1.807, 2.05) is 25.3 Å². The van der Waals surface area contributed by atoms with E-state index in [-0.39, 0.29) is 0 Å². The lowest BCUT2D eigenvalue weighted by molar-refractivity contribution is 0.236. The highest BCUT2D eigenvalue weighted by atomic mass is 16.5. The van der Waals surface area contributed by atoms with Gasteiger partial charge in [-0.05, 0) is 57.0 Å². The minimum absolute atomic E-state index is 0.317. The lowest BCUT2D eigenvalue weighted by Crippen LogP contribution is -2.23. The van der Waals surface area contributed by atoms with Gasteiger partial charge in [0.2, 0.25) is 0 Å². The van der Waals surface area contributed by atoms with Crippen LogP contribution in [0.25, 0.3) is 11.3 Å². The molecular formula is C22H28N4O2. The van der Waals surface area contributed by atoms with Gasteiger partial charge in [-0.2, -0.15) is 5.10 Å². The van der Waals surface area contributed by atoms with Crippen molar-refractivity contribution < 1.29 is 9.26 Å². The van der Waals surface area contributed by atoms with Crippen molar-refractivity contribution in [3.05, 3.63) is 53.5 Å². The second kappa shape index (κ2) is 8.61. The van der Waals surface area contributed by atoms with Crippen LogP contribution in [0.4, 0.5) is 0 Å². The number of aromatic nitrogens is 3. The van der Waals surface area contributed by atoms with Crippen molar-refractivity contribution in [2.75, 3.05) is 13.2 Å². The number of nitrogens with zero attached hydrogens (tertiary/aromatic N) is 3. The summed E-state index contributed by atoms with van der Waals surface area (Å²) in [4.78, 5) is 2.48. The fourth-order valence-corrected chi connectivity index (χ4v) is 3.98. The summed E-state index contributed by atoms with van der Waals surface area (Å²) in [5.41, 5.74) is 4.46. The van der Waals surface area contributed by atoms with Crippen molar-refractivity contribution in [2.45, 2.75) is 52.1 Å². The van der Waals surface area contributed by atoms with Gasteiger partial charge in [0.15, 0.2) is 0 Å². The number of hydrogen-bond acceptors (Lipinski definition) is 5. The number of benzene rings is 1. The van der Waals surface area contributed by atoms with E-state index >= 15 is 0 Å². The SMILES string of the molecule is CCCc1cc([C@H]2CCCN2Cc2cn[nH]c2-c2ccc(OCC)cc2)no1. The molecule has 0 aliphatic carbocycles. The molecule has 1 aliphatic rings. The van der Waals surface area contributed by atoms with Crippen LogP contribution in [0.3, 0.4) is 0 Å². The van der Waals surface area contributed by atoms with Crippen molar-refractivity contribution in [1.82, 2.24) is 20.3 Å². The Morgan fingerprint density at radius 1 is 1.25 bits per heavy atom. The largest absolute Gasteiger partial charge is 0.494 e. The molecule has 0 saturated carbocycles. The van der Waals surface area contributed by atoms with Crippen molar-refractivity contribution in [3.63, 3.8) is 0 Å². The lowest BCUT2D eigenvalue weighted by Gasteiger charge is -2.22. The van der Waals surface area contributed by atoms with Crippen LogP contribution >= 0.6 is 0 Å². The standard InChI is InChI=1S/C22H28N4O2/c1-3-6-19-13-20(25-28-19)21-7-5-12-26(21)15-17-14-23-24-22(17)16-8-10-18(11-9-16)27-4-2/h8-11,13-14,21H,3-7,12,15H2,1-2H3,(H,23,24)/t21-/m1/s1. The molecule has 0 radical (unpaired) electrons. The number of rotatable bonds is 8. The quantitative estimate of drug-likeness (QED) is 0.611. The topological polar surface area (TPSA) is 67.2 Å². The van der Waals surface area contributed by atoms with E-state index in [0.29, 0.717) is 12.6 Å².